The lowest BCUT2D eigenvalue weighted by Gasteiger charge is -2.35. The van der Waals surface area contributed by atoms with Crippen molar-refractivity contribution < 1.29 is 0 Å². The quantitative estimate of drug-likeness (QED) is 0.931. The Morgan fingerprint density at radius 1 is 1.30 bits per heavy atom. The summed E-state index contributed by atoms with van der Waals surface area (Å²) in [5.74, 6) is 0.463. The van der Waals surface area contributed by atoms with Gasteiger partial charge in [-0.1, -0.05) is 0 Å². The highest BCUT2D eigenvalue weighted by molar-refractivity contribution is 5.60. The van der Waals surface area contributed by atoms with Crippen LogP contribution in [0.2, 0.25) is 0 Å². The summed E-state index contributed by atoms with van der Waals surface area (Å²) < 4.78 is 0. The zero-order chi connectivity index (χ0) is 13.9. The third-order valence-corrected chi connectivity index (χ3v) is 4.07. The lowest BCUT2D eigenvalue weighted by atomic mass is 9.91. The fourth-order valence-electron chi connectivity index (χ4n) is 2.95. The van der Waals surface area contributed by atoms with Crippen LogP contribution in [0, 0.1) is 0 Å². The molecule has 0 unspecified atom stereocenters. The van der Waals surface area contributed by atoms with E-state index in [2.05, 4.69) is 38.9 Å². The van der Waals surface area contributed by atoms with Gasteiger partial charge in [0, 0.05) is 42.7 Å². The molecule has 3 rings (SSSR count). The number of H-pyrrole nitrogens is 1. The summed E-state index contributed by atoms with van der Waals surface area (Å²) in [6.07, 6.45) is 9.67. The molecule has 20 heavy (non-hydrogen) atoms. The SMILES string of the molecule is CC(C)N1CCC[C@@H](c2nccnc2-c2cn[nH]c2)C1. The molecule has 5 nitrogen and oxygen atoms in total. The van der Waals surface area contributed by atoms with Gasteiger partial charge in [-0.2, -0.15) is 5.10 Å². The minimum Gasteiger partial charge on any atom is -0.300 e. The maximum Gasteiger partial charge on any atom is 0.0952 e. The summed E-state index contributed by atoms with van der Waals surface area (Å²) in [5, 5.41) is 6.88. The number of nitrogens with zero attached hydrogens (tertiary/aromatic N) is 4. The van der Waals surface area contributed by atoms with Crippen molar-refractivity contribution in [2.45, 2.75) is 38.6 Å². The van der Waals surface area contributed by atoms with Gasteiger partial charge >= 0.3 is 0 Å². The van der Waals surface area contributed by atoms with Gasteiger partial charge in [0.25, 0.3) is 0 Å². The van der Waals surface area contributed by atoms with Crippen molar-refractivity contribution in [3.63, 3.8) is 0 Å². The molecule has 0 amide bonds. The molecule has 1 N–H and O–H groups in total. The van der Waals surface area contributed by atoms with Crippen LogP contribution < -0.4 is 0 Å². The minimum atomic E-state index is 0.463. The Kier molecular flexibility index (Phi) is 3.78. The molecule has 0 saturated carbocycles. The molecular formula is C15H21N5. The molecule has 0 spiro atoms. The molecule has 106 valence electrons. The standard InChI is InChI=1S/C15H21N5/c1-11(2)20-7-3-4-12(10-20)14-15(17-6-5-16-14)13-8-18-19-9-13/h5-6,8-9,11-12H,3-4,7,10H2,1-2H3,(H,18,19)/t12-/m1/s1. The molecule has 2 aromatic heterocycles. The van der Waals surface area contributed by atoms with E-state index >= 15 is 0 Å². The number of aromatic amines is 1. The molecule has 0 bridgehead atoms. The lowest BCUT2D eigenvalue weighted by molar-refractivity contribution is 0.166. The van der Waals surface area contributed by atoms with Crippen molar-refractivity contribution in [3.8, 4) is 11.3 Å². The summed E-state index contributed by atoms with van der Waals surface area (Å²) in [7, 11) is 0. The van der Waals surface area contributed by atoms with Gasteiger partial charge in [-0.25, -0.2) is 0 Å². The molecule has 1 aliphatic heterocycles. The molecular weight excluding hydrogens is 250 g/mol. The maximum absolute atomic E-state index is 4.62. The second-order valence-corrected chi connectivity index (χ2v) is 5.71. The van der Waals surface area contributed by atoms with E-state index in [-0.39, 0.29) is 0 Å². The molecule has 1 aliphatic rings. The smallest absolute Gasteiger partial charge is 0.0952 e. The molecule has 0 aliphatic carbocycles. The average molecular weight is 271 g/mol. The van der Waals surface area contributed by atoms with Crippen LogP contribution in [0.25, 0.3) is 11.3 Å². The summed E-state index contributed by atoms with van der Waals surface area (Å²) in [5.41, 5.74) is 3.10. The highest BCUT2D eigenvalue weighted by atomic mass is 15.2. The number of hydrogen-bond acceptors (Lipinski definition) is 4. The topological polar surface area (TPSA) is 57.7 Å². The first-order valence-electron chi connectivity index (χ1n) is 7.30. The lowest BCUT2D eigenvalue weighted by Crippen LogP contribution is -2.39. The highest BCUT2D eigenvalue weighted by Crippen LogP contribution is 2.31. The molecule has 0 radical (unpaired) electrons. The van der Waals surface area contributed by atoms with E-state index in [0.717, 1.165) is 23.5 Å². The van der Waals surface area contributed by atoms with Crippen molar-refractivity contribution in [2.24, 2.45) is 0 Å². The Morgan fingerprint density at radius 3 is 2.90 bits per heavy atom. The van der Waals surface area contributed by atoms with Crippen LogP contribution in [0.15, 0.2) is 24.8 Å². The van der Waals surface area contributed by atoms with Gasteiger partial charge in [0.2, 0.25) is 0 Å². The molecule has 1 fully saturated rings. The number of likely N-dealkylation sites (tertiary alicyclic amines) is 1. The Morgan fingerprint density at radius 2 is 2.15 bits per heavy atom. The van der Waals surface area contributed by atoms with Crippen LogP contribution >= 0.6 is 0 Å². The first-order valence-corrected chi connectivity index (χ1v) is 7.30. The normalized spacial score (nSPS) is 20.4. The molecule has 1 saturated heterocycles. The average Bonchev–Trinajstić information content (AvgIpc) is 3.01. The van der Waals surface area contributed by atoms with E-state index in [1.807, 2.05) is 12.4 Å². The first-order chi connectivity index (χ1) is 9.75. The largest absolute Gasteiger partial charge is 0.300 e. The van der Waals surface area contributed by atoms with Crippen LogP contribution in [0.3, 0.4) is 0 Å². The van der Waals surface area contributed by atoms with Gasteiger partial charge in [0.1, 0.15) is 0 Å². The predicted octanol–water partition coefficient (Wildman–Crippen LogP) is 2.45. The number of rotatable bonds is 3. The van der Waals surface area contributed by atoms with Crippen molar-refractivity contribution in [1.29, 1.82) is 0 Å². The summed E-state index contributed by atoms with van der Waals surface area (Å²) in [6, 6.07) is 0.590. The fourth-order valence-corrected chi connectivity index (χ4v) is 2.95. The number of piperidine rings is 1. The summed E-state index contributed by atoms with van der Waals surface area (Å²) in [6.45, 7) is 6.78. The highest BCUT2D eigenvalue weighted by Gasteiger charge is 2.26. The Bertz CT molecular complexity index is 549. The van der Waals surface area contributed by atoms with Crippen molar-refractivity contribution in [3.05, 3.63) is 30.5 Å². The Labute approximate surface area is 119 Å². The summed E-state index contributed by atoms with van der Waals surface area (Å²) >= 11 is 0. The predicted molar refractivity (Wildman–Crippen MR) is 78.3 cm³/mol. The van der Waals surface area contributed by atoms with Crippen molar-refractivity contribution in [1.82, 2.24) is 25.1 Å². The van der Waals surface area contributed by atoms with E-state index in [9.17, 15) is 0 Å². The van der Waals surface area contributed by atoms with Gasteiger partial charge in [-0.15, -0.1) is 0 Å². The van der Waals surface area contributed by atoms with Gasteiger partial charge < -0.3 is 4.90 Å². The van der Waals surface area contributed by atoms with Crippen LogP contribution in [0.1, 0.15) is 38.3 Å². The maximum atomic E-state index is 4.62. The van der Waals surface area contributed by atoms with Crippen molar-refractivity contribution >= 4 is 0 Å². The molecule has 5 heteroatoms. The second-order valence-electron chi connectivity index (χ2n) is 5.71. The van der Waals surface area contributed by atoms with Gasteiger partial charge in [-0.3, -0.25) is 15.1 Å². The number of aromatic nitrogens is 4. The van der Waals surface area contributed by atoms with Gasteiger partial charge in [0.05, 0.1) is 17.6 Å². The van der Waals surface area contributed by atoms with Gasteiger partial charge in [-0.05, 0) is 33.2 Å². The molecule has 0 aromatic carbocycles. The number of hydrogen-bond donors (Lipinski definition) is 1. The summed E-state index contributed by atoms with van der Waals surface area (Å²) in [4.78, 5) is 11.7. The van der Waals surface area contributed by atoms with E-state index in [1.54, 1.807) is 12.4 Å². The zero-order valence-electron chi connectivity index (χ0n) is 12.1. The fraction of sp³-hybridized carbons (Fsp3) is 0.533. The van der Waals surface area contributed by atoms with E-state index in [1.165, 1.54) is 19.4 Å². The molecule has 1 atom stereocenters. The van der Waals surface area contributed by atoms with Crippen LogP contribution in [-0.4, -0.2) is 44.2 Å². The number of nitrogens with one attached hydrogen (secondary N) is 1. The van der Waals surface area contributed by atoms with Crippen LogP contribution in [0.5, 0.6) is 0 Å². The third kappa shape index (κ3) is 2.58. The van der Waals surface area contributed by atoms with E-state index in [4.69, 9.17) is 0 Å². The van der Waals surface area contributed by atoms with Gasteiger partial charge in [0.15, 0.2) is 0 Å². The first kappa shape index (κ1) is 13.2. The van der Waals surface area contributed by atoms with Crippen molar-refractivity contribution in [2.75, 3.05) is 13.1 Å². The van der Waals surface area contributed by atoms with Crippen LogP contribution in [-0.2, 0) is 0 Å². The Balaban J connectivity index is 1.90. The van der Waals surface area contributed by atoms with E-state index in [0.29, 0.717) is 12.0 Å². The minimum absolute atomic E-state index is 0.463. The van der Waals surface area contributed by atoms with Crippen LogP contribution in [0.4, 0.5) is 0 Å². The monoisotopic (exact) mass is 271 g/mol. The molecule has 3 heterocycles. The third-order valence-electron chi connectivity index (χ3n) is 4.07. The Hall–Kier alpha value is -1.75. The van der Waals surface area contributed by atoms with E-state index < -0.39 is 0 Å². The zero-order valence-corrected chi connectivity index (χ0v) is 12.1. The second kappa shape index (κ2) is 5.71. The molecule has 2 aromatic rings.